The van der Waals surface area contributed by atoms with Crippen LogP contribution in [0.15, 0.2) is 30.6 Å². The maximum atomic E-state index is 13.4. The number of methoxy groups -OCH3 is 1. The van der Waals surface area contributed by atoms with Crippen molar-refractivity contribution in [1.82, 2.24) is 35.0 Å². The van der Waals surface area contributed by atoms with E-state index in [1.807, 2.05) is 33.0 Å². The second-order valence-corrected chi connectivity index (χ2v) is 12.6. The molecule has 11 nitrogen and oxygen atoms in total. The number of amides is 2. The number of ether oxygens (including phenoxy) is 1. The second-order valence-electron chi connectivity index (χ2n) is 12.6. The lowest BCUT2D eigenvalue weighted by Gasteiger charge is -2.41. The summed E-state index contributed by atoms with van der Waals surface area (Å²) >= 11 is 0. The third-order valence-electron chi connectivity index (χ3n) is 8.78. The Labute approximate surface area is 240 Å². The molecule has 1 saturated heterocycles. The fourth-order valence-corrected chi connectivity index (χ4v) is 6.56. The summed E-state index contributed by atoms with van der Waals surface area (Å²) in [5.41, 5.74) is 0.838. The van der Waals surface area contributed by atoms with Gasteiger partial charge in [0.2, 0.25) is 5.91 Å². The summed E-state index contributed by atoms with van der Waals surface area (Å²) in [5.74, 6) is -0.162. The SMILES string of the molecule is CCn1nccc1C(=O)N[C@H](c1cn2nc(CC3(C(=O)OC)CC(C)(C)CNC3=O)ccc2n1)C1CCC(C)CC1. The fourth-order valence-electron chi connectivity index (χ4n) is 6.56. The van der Waals surface area contributed by atoms with Gasteiger partial charge in [-0.3, -0.25) is 19.1 Å². The van der Waals surface area contributed by atoms with E-state index in [0.717, 1.165) is 31.4 Å². The number of piperidine rings is 1. The van der Waals surface area contributed by atoms with E-state index in [1.165, 1.54) is 7.11 Å². The molecule has 0 radical (unpaired) electrons. The molecule has 2 aliphatic rings. The predicted molar refractivity (Wildman–Crippen MR) is 152 cm³/mol. The summed E-state index contributed by atoms with van der Waals surface area (Å²) in [4.78, 5) is 44.4. The number of esters is 1. The number of rotatable bonds is 8. The molecule has 2 N–H and O–H groups in total. The normalized spacial score (nSPS) is 25.0. The summed E-state index contributed by atoms with van der Waals surface area (Å²) in [7, 11) is 1.31. The van der Waals surface area contributed by atoms with Crippen molar-refractivity contribution in [3.63, 3.8) is 0 Å². The standard InChI is InChI=1S/C30H41N7O4/c1-6-36-23(13-14-32-36)26(38)34-25(20-9-7-19(2)8-10-20)22-16-37-24(33-22)12-11-21(35-37)15-30(28(40)41-5)17-29(3,4)18-31-27(30)39/h11-14,16,19-20,25H,6-10,15,17-18H2,1-5H3,(H,31,39)(H,34,38)/t19?,20?,25-,30?/m0/s1. The van der Waals surface area contributed by atoms with E-state index in [1.54, 1.807) is 27.5 Å². The summed E-state index contributed by atoms with van der Waals surface area (Å²) in [6.07, 6.45) is 8.17. The lowest BCUT2D eigenvalue weighted by molar-refractivity contribution is -0.164. The van der Waals surface area contributed by atoms with Gasteiger partial charge in [0, 0.05) is 25.7 Å². The van der Waals surface area contributed by atoms with Crippen molar-refractivity contribution in [2.75, 3.05) is 13.7 Å². The Balaban J connectivity index is 1.46. The molecule has 2 amide bonds. The molecule has 11 heteroatoms. The number of fused-ring (bicyclic) bond motifs is 1. The van der Waals surface area contributed by atoms with Gasteiger partial charge in [0.15, 0.2) is 11.1 Å². The molecule has 4 heterocycles. The lowest BCUT2D eigenvalue weighted by atomic mass is 9.67. The molecular weight excluding hydrogens is 522 g/mol. The number of imidazole rings is 1. The molecule has 0 bridgehead atoms. The monoisotopic (exact) mass is 563 g/mol. The van der Waals surface area contributed by atoms with E-state index in [-0.39, 0.29) is 35.6 Å². The first-order valence-electron chi connectivity index (χ1n) is 14.6. The van der Waals surface area contributed by atoms with Crippen molar-refractivity contribution in [2.24, 2.45) is 22.7 Å². The van der Waals surface area contributed by atoms with Gasteiger partial charge in [-0.15, -0.1) is 0 Å². The molecule has 3 aromatic heterocycles. The van der Waals surface area contributed by atoms with E-state index in [0.29, 0.717) is 42.5 Å². The van der Waals surface area contributed by atoms with Crippen LogP contribution in [0.1, 0.15) is 87.7 Å². The van der Waals surface area contributed by atoms with Crippen molar-refractivity contribution < 1.29 is 19.1 Å². The summed E-state index contributed by atoms with van der Waals surface area (Å²) < 4.78 is 8.49. The molecule has 1 aliphatic carbocycles. The molecule has 41 heavy (non-hydrogen) atoms. The molecular formula is C30H41N7O4. The van der Waals surface area contributed by atoms with Crippen molar-refractivity contribution in [3.8, 4) is 0 Å². The van der Waals surface area contributed by atoms with E-state index in [4.69, 9.17) is 14.8 Å². The van der Waals surface area contributed by atoms with Gasteiger partial charge in [0.05, 0.1) is 30.7 Å². The van der Waals surface area contributed by atoms with Crippen LogP contribution < -0.4 is 10.6 Å². The molecule has 1 saturated carbocycles. The predicted octanol–water partition coefficient (Wildman–Crippen LogP) is 3.49. The molecule has 0 aromatic carbocycles. The maximum Gasteiger partial charge on any atom is 0.321 e. The van der Waals surface area contributed by atoms with Crippen LogP contribution in [-0.4, -0.2) is 55.8 Å². The number of carbonyl (C=O) groups is 3. The molecule has 3 aromatic rings. The number of nitrogens with zero attached hydrogens (tertiary/aromatic N) is 5. The lowest BCUT2D eigenvalue weighted by Crippen LogP contribution is -2.57. The van der Waals surface area contributed by atoms with Crippen LogP contribution in [0.3, 0.4) is 0 Å². The third kappa shape index (κ3) is 5.71. The van der Waals surface area contributed by atoms with Crippen molar-refractivity contribution in [3.05, 3.63) is 47.7 Å². The van der Waals surface area contributed by atoms with Crippen LogP contribution in [0, 0.1) is 22.7 Å². The van der Waals surface area contributed by atoms with Gasteiger partial charge in [0.25, 0.3) is 5.91 Å². The Morgan fingerprint density at radius 3 is 2.66 bits per heavy atom. The van der Waals surface area contributed by atoms with Gasteiger partial charge in [0.1, 0.15) is 5.69 Å². The van der Waals surface area contributed by atoms with E-state index in [9.17, 15) is 14.4 Å². The highest BCUT2D eigenvalue weighted by atomic mass is 16.5. The van der Waals surface area contributed by atoms with Crippen LogP contribution in [0.4, 0.5) is 0 Å². The molecule has 220 valence electrons. The minimum absolute atomic E-state index is 0.111. The molecule has 1 unspecified atom stereocenters. The van der Waals surface area contributed by atoms with Crippen LogP contribution in [0.5, 0.6) is 0 Å². The van der Waals surface area contributed by atoms with Crippen molar-refractivity contribution in [2.45, 2.75) is 78.8 Å². The van der Waals surface area contributed by atoms with E-state index < -0.39 is 11.4 Å². The fraction of sp³-hybridized carbons (Fsp3) is 0.600. The average molecular weight is 564 g/mol. The van der Waals surface area contributed by atoms with Gasteiger partial charge in [-0.1, -0.05) is 33.6 Å². The van der Waals surface area contributed by atoms with Gasteiger partial charge in [-0.2, -0.15) is 10.2 Å². The first kappa shape index (κ1) is 28.8. The molecule has 5 rings (SSSR count). The van der Waals surface area contributed by atoms with Gasteiger partial charge in [-0.25, -0.2) is 9.50 Å². The molecule has 2 atom stereocenters. The minimum atomic E-state index is -1.36. The Kier molecular flexibility index (Phi) is 7.89. The summed E-state index contributed by atoms with van der Waals surface area (Å²) in [6.45, 7) is 9.37. The first-order chi connectivity index (χ1) is 19.5. The van der Waals surface area contributed by atoms with Crippen LogP contribution in [0.2, 0.25) is 0 Å². The van der Waals surface area contributed by atoms with Crippen LogP contribution >= 0.6 is 0 Å². The number of nitrogens with one attached hydrogen (secondary N) is 2. The third-order valence-corrected chi connectivity index (χ3v) is 8.78. The number of carbonyl (C=O) groups excluding carboxylic acids is 3. The summed E-state index contributed by atoms with van der Waals surface area (Å²) in [6, 6.07) is 5.10. The summed E-state index contributed by atoms with van der Waals surface area (Å²) in [5, 5.41) is 15.2. The Morgan fingerprint density at radius 1 is 1.20 bits per heavy atom. The Morgan fingerprint density at radius 2 is 1.95 bits per heavy atom. The molecule has 0 spiro atoms. The topological polar surface area (TPSA) is 133 Å². The quantitative estimate of drug-likeness (QED) is 0.317. The highest BCUT2D eigenvalue weighted by Crippen LogP contribution is 2.41. The van der Waals surface area contributed by atoms with Crippen molar-refractivity contribution >= 4 is 23.4 Å². The van der Waals surface area contributed by atoms with Gasteiger partial charge < -0.3 is 15.4 Å². The van der Waals surface area contributed by atoms with Gasteiger partial charge in [-0.05, 0) is 61.6 Å². The van der Waals surface area contributed by atoms with Crippen LogP contribution in [0.25, 0.3) is 5.65 Å². The Hall–Kier alpha value is -3.76. The first-order valence-corrected chi connectivity index (χ1v) is 14.6. The molecule has 1 aliphatic heterocycles. The number of aromatic nitrogens is 5. The largest absolute Gasteiger partial charge is 0.468 e. The van der Waals surface area contributed by atoms with E-state index >= 15 is 0 Å². The maximum absolute atomic E-state index is 13.4. The smallest absolute Gasteiger partial charge is 0.321 e. The zero-order chi connectivity index (χ0) is 29.4. The Bertz CT molecular complexity index is 1430. The highest BCUT2D eigenvalue weighted by Gasteiger charge is 2.53. The number of aryl methyl sites for hydroxylation is 1. The number of hydrogen-bond acceptors (Lipinski definition) is 7. The van der Waals surface area contributed by atoms with Gasteiger partial charge >= 0.3 is 5.97 Å². The second kappa shape index (κ2) is 11.3. The highest BCUT2D eigenvalue weighted by molar-refractivity contribution is 6.03. The van der Waals surface area contributed by atoms with E-state index in [2.05, 4.69) is 22.7 Å². The molecule has 2 fully saturated rings. The zero-order valence-electron chi connectivity index (χ0n) is 24.6. The van der Waals surface area contributed by atoms with Crippen LogP contribution in [-0.2, 0) is 27.3 Å². The average Bonchev–Trinajstić information content (AvgIpc) is 3.60. The zero-order valence-corrected chi connectivity index (χ0v) is 24.6. The number of hydrogen-bond donors (Lipinski definition) is 2. The minimum Gasteiger partial charge on any atom is -0.468 e. The van der Waals surface area contributed by atoms with Crippen molar-refractivity contribution in [1.29, 1.82) is 0 Å².